The Bertz CT molecular complexity index is 355. The van der Waals surface area contributed by atoms with E-state index in [1.165, 1.54) is 0 Å². The second kappa shape index (κ2) is 6.58. The van der Waals surface area contributed by atoms with E-state index in [2.05, 4.69) is 32.8 Å². The van der Waals surface area contributed by atoms with Crippen molar-refractivity contribution in [1.82, 2.24) is 9.78 Å². The normalized spacial score (nSPS) is 13.0. The van der Waals surface area contributed by atoms with Crippen molar-refractivity contribution in [1.29, 1.82) is 0 Å². The van der Waals surface area contributed by atoms with Crippen LogP contribution in [-0.2, 0) is 11.2 Å². The maximum Gasteiger partial charge on any atom is 0.138 e. The maximum absolute atomic E-state index is 11.7. The molecule has 1 atom stereocenters. The largest absolute Gasteiger partial charge is 0.299 e. The Labute approximate surface area is 104 Å². The molecule has 1 aromatic heterocycles. The SMILES string of the molecule is CCC(C)n1ccc(CC(=O)CCC(C)C)n1. The minimum absolute atomic E-state index is 0.299. The minimum Gasteiger partial charge on any atom is -0.299 e. The highest BCUT2D eigenvalue weighted by atomic mass is 16.1. The molecule has 1 aromatic rings. The Balaban J connectivity index is 2.46. The molecule has 1 rings (SSSR count). The van der Waals surface area contributed by atoms with Gasteiger partial charge in [-0.25, -0.2) is 0 Å². The Morgan fingerprint density at radius 3 is 2.71 bits per heavy atom. The number of nitrogens with zero attached hydrogens (tertiary/aromatic N) is 2. The Morgan fingerprint density at radius 1 is 1.41 bits per heavy atom. The first-order chi connectivity index (χ1) is 8.02. The molecule has 0 aliphatic carbocycles. The average Bonchev–Trinajstić information content (AvgIpc) is 2.73. The summed E-state index contributed by atoms with van der Waals surface area (Å²) in [5.74, 6) is 0.893. The molecule has 0 N–H and O–H groups in total. The van der Waals surface area contributed by atoms with Gasteiger partial charge >= 0.3 is 0 Å². The molecule has 1 unspecified atom stereocenters. The van der Waals surface area contributed by atoms with Crippen LogP contribution >= 0.6 is 0 Å². The van der Waals surface area contributed by atoms with E-state index in [1.807, 2.05) is 16.9 Å². The van der Waals surface area contributed by atoms with Gasteiger partial charge in [0.2, 0.25) is 0 Å². The number of hydrogen-bond acceptors (Lipinski definition) is 2. The molecule has 0 spiro atoms. The van der Waals surface area contributed by atoms with Crippen molar-refractivity contribution in [3.63, 3.8) is 0 Å². The van der Waals surface area contributed by atoms with Crippen LogP contribution < -0.4 is 0 Å². The third-order valence-electron chi connectivity index (χ3n) is 3.08. The van der Waals surface area contributed by atoms with Crippen LogP contribution in [0.3, 0.4) is 0 Å². The number of Topliss-reactive ketones (excluding diaryl/α,β-unsaturated/α-hetero) is 1. The van der Waals surface area contributed by atoms with E-state index < -0.39 is 0 Å². The molecule has 96 valence electrons. The molecule has 3 heteroatoms. The van der Waals surface area contributed by atoms with Crippen LogP contribution in [0.2, 0.25) is 0 Å². The Kier molecular flexibility index (Phi) is 5.39. The quantitative estimate of drug-likeness (QED) is 0.727. The second-order valence-electron chi connectivity index (χ2n) is 5.19. The highest BCUT2D eigenvalue weighted by Gasteiger charge is 2.09. The van der Waals surface area contributed by atoms with Gasteiger partial charge in [-0.15, -0.1) is 0 Å². The summed E-state index contributed by atoms with van der Waals surface area (Å²) in [7, 11) is 0. The van der Waals surface area contributed by atoms with E-state index in [4.69, 9.17) is 0 Å². The standard InChI is InChI=1S/C14H24N2O/c1-5-12(4)16-9-8-13(15-16)10-14(17)7-6-11(2)3/h8-9,11-12H,5-7,10H2,1-4H3. The van der Waals surface area contributed by atoms with Crippen molar-refractivity contribution in [2.75, 3.05) is 0 Å². The molecule has 0 amide bonds. The highest BCUT2D eigenvalue weighted by Crippen LogP contribution is 2.11. The number of aromatic nitrogens is 2. The lowest BCUT2D eigenvalue weighted by molar-refractivity contribution is -0.118. The van der Waals surface area contributed by atoms with E-state index in [1.54, 1.807) is 0 Å². The van der Waals surface area contributed by atoms with Gasteiger partial charge in [-0.3, -0.25) is 9.48 Å². The van der Waals surface area contributed by atoms with Crippen LogP contribution in [0.15, 0.2) is 12.3 Å². The van der Waals surface area contributed by atoms with E-state index >= 15 is 0 Å². The maximum atomic E-state index is 11.7. The predicted molar refractivity (Wildman–Crippen MR) is 70.0 cm³/mol. The van der Waals surface area contributed by atoms with E-state index in [9.17, 15) is 4.79 Å². The van der Waals surface area contributed by atoms with Crippen molar-refractivity contribution in [3.05, 3.63) is 18.0 Å². The number of carbonyl (C=O) groups excluding carboxylic acids is 1. The lowest BCUT2D eigenvalue weighted by Gasteiger charge is -2.08. The summed E-state index contributed by atoms with van der Waals surface area (Å²) in [6.45, 7) is 8.56. The number of rotatable bonds is 7. The van der Waals surface area contributed by atoms with Gasteiger partial charge in [0.1, 0.15) is 5.78 Å². The molecule has 0 aliphatic rings. The van der Waals surface area contributed by atoms with E-state index in [0.29, 0.717) is 30.6 Å². The predicted octanol–water partition coefficient (Wildman–Crippen LogP) is 3.40. The fraction of sp³-hybridized carbons (Fsp3) is 0.714. The van der Waals surface area contributed by atoms with Crippen LogP contribution in [-0.4, -0.2) is 15.6 Å². The molecule has 3 nitrogen and oxygen atoms in total. The fourth-order valence-electron chi connectivity index (χ4n) is 1.64. The third kappa shape index (κ3) is 4.72. The zero-order valence-corrected chi connectivity index (χ0v) is 11.4. The summed E-state index contributed by atoms with van der Waals surface area (Å²) in [4.78, 5) is 11.7. The second-order valence-corrected chi connectivity index (χ2v) is 5.19. The highest BCUT2D eigenvalue weighted by molar-refractivity contribution is 5.80. The fourth-order valence-corrected chi connectivity index (χ4v) is 1.64. The molecule has 0 aromatic carbocycles. The summed E-state index contributed by atoms with van der Waals surface area (Å²) >= 11 is 0. The summed E-state index contributed by atoms with van der Waals surface area (Å²) in [5.41, 5.74) is 0.902. The molecule has 0 radical (unpaired) electrons. The van der Waals surface area contributed by atoms with Crippen molar-refractivity contribution >= 4 is 5.78 Å². The van der Waals surface area contributed by atoms with Crippen LogP contribution in [0.1, 0.15) is 58.7 Å². The summed E-state index contributed by atoms with van der Waals surface area (Å²) < 4.78 is 1.95. The van der Waals surface area contributed by atoms with Crippen LogP contribution in [0, 0.1) is 5.92 Å². The molecular weight excluding hydrogens is 212 g/mol. The lowest BCUT2D eigenvalue weighted by Crippen LogP contribution is -2.08. The number of hydrogen-bond donors (Lipinski definition) is 0. The smallest absolute Gasteiger partial charge is 0.138 e. The zero-order valence-electron chi connectivity index (χ0n) is 11.4. The van der Waals surface area contributed by atoms with Crippen LogP contribution in [0.4, 0.5) is 0 Å². The topological polar surface area (TPSA) is 34.9 Å². The van der Waals surface area contributed by atoms with Gasteiger partial charge < -0.3 is 0 Å². The first kappa shape index (κ1) is 13.9. The summed E-state index contributed by atoms with van der Waals surface area (Å²) in [5, 5.41) is 4.44. The number of carbonyl (C=O) groups is 1. The van der Waals surface area contributed by atoms with Gasteiger partial charge in [0.05, 0.1) is 12.1 Å². The third-order valence-corrected chi connectivity index (χ3v) is 3.08. The monoisotopic (exact) mass is 236 g/mol. The molecule has 0 fully saturated rings. The van der Waals surface area contributed by atoms with Crippen molar-refractivity contribution in [3.8, 4) is 0 Å². The van der Waals surface area contributed by atoms with Crippen molar-refractivity contribution < 1.29 is 4.79 Å². The summed E-state index contributed by atoms with van der Waals surface area (Å²) in [6.07, 6.45) is 5.16. The van der Waals surface area contributed by atoms with Gasteiger partial charge in [0.25, 0.3) is 0 Å². The van der Waals surface area contributed by atoms with Crippen molar-refractivity contribution in [2.45, 2.75) is 59.4 Å². The minimum atomic E-state index is 0.299. The first-order valence-corrected chi connectivity index (χ1v) is 6.58. The molecule has 0 saturated heterocycles. The van der Waals surface area contributed by atoms with Gasteiger partial charge in [-0.2, -0.15) is 5.10 Å². The average molecular weight is 236 g/mol. The van der Waals surface area contributed by atoms with Gasteiger partial charge in [-0.05, 0) is 31.7 Å². The molecule has 1 heterocycles. The van der Waals surface area contributed by atoms with Crippen molar-refractivity contribution in [2.24, 2.45) is 5.92 Å². The van der Waals surface area contributed by atoms with E-state index in [0.717, 1.165) is 18.5 Å². The van der Waals surface area contributed by atoms with Gasteiger partial charge in [0, 0.05) is 18.7 Å². The molecule has 17 heavy (non-hydrogen) atoms. The van der Waals surface area contributed by atoms with Gasteiger partial charge in [-0.1, -0.05) is 20.8 Å². The molecular formula is C14H24N2O. The zero-order chi connectivity index (χ0) is 12.8. The lowest BCUT2D eigenvalue weighted by atomic mass is 10.0. The van der Waals surface area contributed by atoms with Gasteiger partial charge in [0.15, 0.2) is 0 Å². The number of ketones is 1. The molecule has 0 bridgehead atoms. The van der Waals surface area contributed by atoms with Crippen LogP contribution in [0.5, 0.6) is 0 Å². The molecule has 0 saturated carbocycles. The molecule has 0 aliphatic heterocycles. The Morgan fingerprint density at radius 2 is 2.12 bits per heavy atom. The van der Waals surface area contributed by atoms with Crippen LogP contribution in [0.25, 0.3) is 0 Å². The first-order valence-electron chi connectivity index (χ1n) is 6.58. The Hall–Kier alpha value is -1.12. The van der Waals surface area contributed by atoms with E-state index in [-0.39, 0.29) is 0 Å². The summed E-state index contributed by atoms with van der Waals surface area (Å²) in [6, 6.07) is 2.37.